The van der Waals surface area contributed by atoms with Gasteiger partial charge in [-0.05, 0) is 31.4 Å². The molecule has 2 atom stereocenters. The van der Waals surface area contributed by atoms with Crippen LogP contribution in [0.25, 0.3) is 0 Å². The third-order valence-corrected chi connectivity index (χ3v) is 3.61. The van der Waals surface area contributed by atoms with E-state index in [1.165, 1.54) is 5.56 Å². The average Bonchev–Trinajstić information content (AvgIpc) is 2.81. The minimum absolute atomic E-state index is 0.0435. The maximum absolute atomic E-state index is 12.0. The van der Waals surface area contributed by atoms with Crippen LogP contribution in [0.1, 0.15) is 23.1 Å². The molecule has 1 amide bonds. The highest BCUT2D eigenvalue weighted by molar-refractivity contribution is 5.79. The minimum atomic E-state index is 0.0435. The van der Waals surface area contributed by atoms with Crippen LogP contribution >= 0.6 is 0 Å². The van der Waals surface area contributed by atoms with Gasteiger partial charge in [-0.25, -0.2) is 0 Å². The van der Waals surface area contributed by atoms with E-state index in [0.29, 0.717) is 6.42 Å². The molecule has 0 unspecified atom stereocenters. The third kappa shape index (κ3) is 3.67. The van der Waals surface area contributed by atoms with Crippen molar-refractivity contribution in [3.63, 3.8) is 0 Å². The van der Waals surface area contributed by atoms with Gasteiger partial charge in [-0.1, -0.05) is 35.9 Å². The molecule has 2 rings (SSSR count). The van der Waals surface area contributed by atoms with Crippen molar-refractivity contribution in [3.05, 3.63) is 47.0 Å². The normalized spacial score (nSPS) is 21.6. The number of nitrogens with one attached hydrogen (secondary N) is 1. The van der Waals surface area contributed by atoms with Crippen molar-refractivity contribution in [2.45, 2.75) is 32.7 Å². The summed E-state index contributed by atoms with van der Waals surface area (Å²) in [4.78, 5) is 12.0. The summed E-state index contributed by atoms with van der Waals surface area (Å²) < 4.78 is 0. The molecule has 1 aromatic rings. The fourth-order valence-corrected chi connectivity index (χ4v) is 2.44. The molecule has 0 radical (unpaired) electrons. The van der Waals surface area contributed by atoms with E-state index in [2.05, 4.69) is 23.5 Å². The van der Waals surface area contributed by atoms with Crippen molar-refractivity contribution in [3.8, 4) is 0 Å². The zero-order valence-electron chi connectivity index (χ0n) is 11.5. The van der Waals surface area contributed by atoms with E-state index in [1.54, 1.807) is 0 Å². The van der Waals surface area contributed by atoms with E-state index in [0.717, 1.165) is 17.5 Å². The Morgan fingerprint density at radius 1 is 1.37 bits per heavy atom. The SMILES string of the molecule is Cc1ccc(C)c(CC(=O)N[C@@H]2C=C[C@H](CO)C2)c1. The number of benzene rings is 1. The largest absolute Gasteiger partial charge is 0.396 e. The molecule has 3 heteroatoms. The fraction of sp³-hybridized carbons (Fsp3) is 0.438. The van der Waals surface area contributed by atoms with Crippen molar-refractivity contribution in [1.82, 2.24) is 5.32 Å². The first-order valence-corrected chi connectivity index (χ1v) is 6.73. The molecule has 102 valence electrons. The summed E-state index contributed by atoms with van der Waals surface area (Å²) >= 11 is 0. The maximum Gasteiger partial charge on any atom is 0.224 e. The van der Waals surface area contributed by atoms with Gasteiger partial charge in [0.25, 0.3) is 0 Å². The highest BCUT2D eigenvalue weighted by Crippen LogP contribution is 2.17. The molecule has 0 aliphatic heterocycles. The first kappa shape index (κ1) is 13.8. The fourth-order valence-electron chi connectivity index (χ4n) is 2.44. The Labute approximate surface area is 114 Å². The van der Waals surface area contributed by atoms with E-state index in [-0.39, 0.29) is 24.5 Å². The Balaban J connectivity index is 1.91. The van der Waals surface area contributed by atoms with Gasteiger partial charge < -0.3 is 10.4 Å². The smallest absolute Gasteiger partial charge is 0.224 e. The summed E-state index contributed by atoms with van der Waals surface area (Å²) in [6.45, 7) is 4.21. The van der Waals surface area contributed by atoms with E-state index in [9.17, 15) is 4.79 Å². The van der Waals surface area contributed by atoms with Crippen LogP contribution in [-0.4, -0.2) is 23.7 Å². The highest BCUT2D eigenvalue weighted by Gasteiger charge is 2.19. The Kier molecular flexibility index (Phi) is 4.38. The van der Waals surface area contributed by atoms with Crippen LogP contribution < -0.4 is 5.32 Å². The number of aliphatic hydroxyl groups excluding tert-OH is 1. The number of hydrogen-bond donors (Lipinski definition) is 2. The van der Waals surface area contributed by atoms with Gasteiger partial charge in [0.05, 0.1) is 6.42 Å². The van der Waals surface area contributed by atoms with Crippen molar-refractivity contribution < 1.29 is 9.90 Å². The van der Waals surface area contributed by atoms with E-state index >= 15 is 0 Å². The molecule has 19 heavy (non-hydrogen) atoms. The van der Waals surface area contributed by atoms with Crippen LogP contribution in [0.2, 0.25) is 0 Å². The van der Waals surface area contributed by atoms with Crippen molar-refractivity contribution in [2.24, 2.45) is 5.92 Å². The Morgan fingerprint density at radius 3 is 2.84 bits per heavy atom. The predicted molar refractivity (Wildman–Crippen MR) is 75.9 cm³/mol. The molecule has 0 bridgehead atoms. The van der Waals surface area contributed by atoms with Crippen molar-refractivity contribution >= 4 is 5.91 Å². The second kappa shape index (κ2) is 6.02. The van der Waals surface area contributed by atoms with Gasteiger partial charge in [-0.2, -0.15) is 0 Å². The first-order chi connectivity index (χ1) is 9.08. The monoisotopic (exact) mass is 259 g/mol. The average molecular weight is 259 g/mol. The zero-order valence-corrected chi connectivity index (χ0v) is 11.5. The van der Waals surface area contributed by atoms with Gasteiger partial charge in [0.1, 0.15) is 0 Å². The lowest BCUT2D eigenvalue weighted by Crippen LogP contribution is -2.34. The number of aliphatic hydroxyl groups is 1. The molecule has 2 N–H and O–H groups in total. The maximum atomic E-state index is 12.0. The molecule has 0 aromatic heterocycles. The van der Waals surface area contributed by atoms with Gasteiger partial charge in [0.15, 0.2) is 0 Å². The summed E-state index contributed by atoms with van der Waals surface area (Å²) in [6.07, 6.45) is 5.17. The molecule has 0 saturated heterocycles. The Hall–Kier alpha value is -1.61. The zero-order chi connectivity index (χ0) is 13.8. The lowest BCUT2D eigenvalue weighted by atomic mass is 10.0. The lowest BCUT2D eigenvalue weighted by Gasteiger charge is -2.13. The van der Waals surface area contributed by atoms with Gasteiger partial charge >= 0.3 is 0 Å². The number of carbonyl (C=O) groups is 1. The second-order valence-corrected chi connectivity index (χ2v) is 5.34. The molecule has 0 fully saturated rings. The predicted octanol–water partition coefficient (Wildman–Crippen LogP) is 1.90. The summed E-state index contributed by atoms with van der Waals surface area (Å²) in [6, 6.07) is 6.24. The number of carbonyl (C=O) groups excluding carboxylic acids is 1. The molecule has 1 aromatic carbocycles. The van der Waals surface area contributed by atoms with E-state index in [4.69, 9.17) is 5.11 Å². The van der Waals surface area contributed by atoms with Crippen LogP contribution in [0, 0.1) is 19.8 Å². The van der Waals surface area contributed by atoms with E-state index in [1.807, 2.05) is 26.0 Å². The molecule has 1 aliphatic carbocycles. The van der Waals surface area contributed by atoms with Gasteiger partial charge in [0, 0.05) is 18.6 Å². The van der Waals surface area contributed by atoms with E-state index < -0.39 is 0 Å². The summed E-state index contributed by atoms with van der Waals surface area (Å²) in [5.74, 6) is 0.230. The summed E-state index contributed by atoms with van der Waals surface area (Å²) in [7, 11) is 0. The van der Waals surface area contributed by atoms with Gasteiger partial charge in [-0.15, -0.1) is 0 Å². The van der Waals surface area contributed by atoms with Crippen LogP contribution in [0.4, 0.5) is 0 Å². The highest BCUT2D eigenvalue weighted by atomic mass is 16.3. The van der Waals surface area contributed by atoms with Crippen LogP contribution in [0.5, 0.6) is 0 Å². The minimum Gasteiger partial charge on any atom is -0.396 e. The molecule has 0 heterocycles. The third-order valence-electron chi connectivity index (χ3n) is 3.61. The van der Waals surface area contributed by atoms with Gasteiger partial charge in [-0.3, -0.25) is 4.79 Å². The molecular formula is C16H21NO2. The van der Waals surface area contributed by atoms with Crippen molar-refractivity contribution in [2.75, 3.05) is 6.61 Å². The number of rotatable bonds is 4. The number of hydrogen-bond acceptors (Lipinski definition) is 2. The molecule has 3 nitrogen and oxygen atoms in total. The lowest BCUT2D eigenvalue weighted by molar-refractivity contribution is -0.120. The number of amides is 1. The molecule has 1 aliphatic rings. The van der Waals surface area contributed by atoms with Crippen molar-refractivity contribution in [1.29, 1.82) is 0 Å². The Bertz CT molecular complexity index is 494. The second-order valence-electron chi connectivity index (χ2n) is 5.34. The van der Waals surface area contributed by atoms with Crippen LogP contribution in [0.15, 0.2) is 30.4 Å². The number of aryl methyl sites for hydroxylation is 2. The summed E-state index contributed by atoms with van der Waals surface area (Å²) in [5, 5.41) is 12.1. The quantitative estimate of drug-likeness (QED) is 0.811. The molecule has 0 saturated carbocycles. The molecule has 0 spiro atoms. The Morgan fingerprint density at radius 2 is 2.16 bits per heavy atom. The van der Waals surface area contributed by atoms with Crippen LogP contribution in [-0.2, 0) is 11.2 Å². The summed E-state index contributed by atoms with van der Waals surface area (Å²) in [5.41, 5.74) is 3.41. The van der Waals surface area contributed by atoms with Gasteiger partial charge in [0.2, 0.25) is 5.91 Å². The topological polar surface area (TPSA) is 49.3 Å². The van der Waals surface area contributed by atoms with Crippen LogP contribution in [0.3, 0.4) is 0 Å². The standard InChI is InChI=1S/C16H21NO2/c1-11-3-4-12(2)14(7-11)9-16(19)17-15-6-5-13(8-15)10-18/h3-7,13,15,18H,8-10H2,1-2H3,(H,17,19)/t13-,15+/m0/s1. The molecular weight excluding hydrogens is 238 g/mol. The first-order valence-electron chi connectivity index (χ1n) is 6.73.